The number of benzene rings is 2. The molecule has 3 rings (SSSR count). The van der Waals surface area contributed by atoms with E-state index in [4.69, 9.17) is 0 Å². The number of para-hydroxylation sites is 1. The van der Waals surface area contributed by atoms with Gasteiger partial charge in [0.1, 0.15) is 0 Å². The van der Waals surface area contributed by atoms with Crippen molar-refractivity contribution in [1.82, 2.24) is 4.90 Å². The highest BCUT2D eigenvalue weighted by molar-refractivity contribution is 5.43. The van der Waals surface area contributed by atoms with Gasteiger partial charge >= 0.3 is 0 Å². The van der Waals surface area contributed by atoms with Crippen LogP contribution in [0.4, 0.5) is 5.69 Å². The minimum atomic E-state index is 0.591. The molecule has 2 nitrogen and oxygen atoms in total. The Balaban J connectivity index is 1.45. The first-order valence-electron chi connectivity index (χ1n) is 7.48. The van der Waals surface area contributed by atoms with Crippen LogP contribution in [0.1, 0.15) is 12.0 Å². The summed E-state index contributed by atoms with van der Waals surface area (Å²) in [5.41, 5.74) is 2.68. The van der Waals surface area contributed by atoms with Crippen molar-refractivity contribution in [2.45, 2.75) is 18.9 Å². The van der Waals surface area contributed by atoms with Gasteiger partial charge in [0.05, 0.1) is 0 Å². The molecule has 0 radical (unpaired) electrons. The number of nitrogens with one attached hydrogen (secondary N) is 1. The fourth-order valence-corrected chi connectivity index (χ4v) is 2.86. The van der Waals surface area contributed by atoms with Crippen LogP contribution in [-0.4, -0.2) is 30.6 Å². The number of rotatable bonds is 5. The molecule has 1 atom stereocenters. The van der Waals surface area contributed by atoms with E-state index in [0.29, 0.717) is 6.04 Å². The Bertz CT molecular complexity index is 509. The Morgan fingerprint density at radius 3 is 2.40 bits per heavy atom. The SMILES string of the molecule is c1ccc(CCN2CC[C@H](Nc3ccccc3)C2)cc1. The van der Waals surface area contributed by atoms with Crippen LogP contribution in [0.2, 0.25) is 0 Å². The zero-order chi connectivity index (χ0) is 13.6. The number of nitrogens with zero attached hydrogens (tertiary/aromatic N) is 1. The highest BCUT2D eigenvalue weighted by atomic mass is 15.2. The maximum atomic E-state index is 3.63. The first kappa shape index (κ1) is 13.2. The van der Waals surface area contributed by atoms with Crippen molar-refractivity contribution in [3.05, 3.63) is 66.2 Å². The van der Waals surface area contributed by atoms with Gasteiger partial charge in [0.25, 0.3) is 0 Å². The van der Waals surface area contributed by atoms with E-state index >= 15 is 0 Å². The number of anilines is 1. The Labute approximate surface area is 121 Å². The molecule has 1 aliphatic heterocycles. The third-order valence-electron chi connectivity index (χ3n) is 3.98. The molecule has 2 aromatic carbocycles. The van der Waals surface area contributed by atoms with Crippen molar-refractivity contribution in [2.24, 2.45) is 0 Å². The molecule has 1 N–H and O–H groups in total. The van der Waals surface area contributed by atoms with Gasteiger partial charge in [-0.25, -0.2) is 0 Å². The Morgan fingerprint density at radius 2 is 1.65 bits per heavy atom. The van der Waals surface area contributed by atoms with Gasteiger partial charge in [-0.1, -0.05) is 48.5 Å². The number of likely N-dealkylation sites (tertiary alicyclic amines) is 1. The molecule has 1 aliphatic rings. The summed E-state index contributed by atoms with van der Waals surface area (Å²) in [4.78, 5) is 2.56. The van der Waals surface area contributed by atoms with Crippen LogP contribution in [-0.2, 0) is 6.42 Å². The average molecular weight is 266 g/mol. The average Bonchev–Trinajstić information content (AvgIpc) is 2.95. The molecule has 0 spiro atoms. The summed E-state index contributed by atoms with van der Waals surface area (Å²) in [5.74, 6) is 0. The van der Waals surface area contributed by atoms with Gasteiger partial charge in [-0.05, 0) is 30.5 Å². The lowest BCUT2D eigenvalue weighted by molar-refractivity contribution is 0.341. The van der Waals surface area contributed by atoms with Gasteiger partial charge in [0.2, 0.25) is 0 Å². The molecule has 1 saturated heterocycles. The molecule has 2 heteroatoms. The van der Waals surface area contributed by atoms with E-state index in [1.54, 1.807) is 0 Å². The highest BCUT2D eigenvalue weighted by Crippen LogP contribution is 2.16. The summed E-state index contributed by atoms with van der Waals surface area (Å²) in [5, 5.41) is 3.63. The molecule has 0 unspecified atom stereocenters. The van der Waals surface area contributed by atoms with Crippen molar-refractivity contribution in [1.29, 1.82) is 0 Å². The van der Waals surface area contributed by atoms with Gasteiger partial charge in [-0.15, -0.1) is 0 Å². The third-order valence-corrected chi connectivity index (χ3v) is 3.98. The van der Waals surface area contributed by atoms with E-state index in [9.17, 15) is 0 Å². The summed E-state index contributed by atoms with van der Waals surface area (Å²) >= 11 is 0. The second kappa shape index (κ2) is 6.58. The van der Waals surface area contributed by atoms with Gasteiger partial charge in [-0.3, -0.25) is 0 Å². The summed E-state index contributed by atoms with van der Waals surface area (Å²) in [6, 6.07) is 21.9. The van der Waals surface area contributed by atoms with Crippen molar-refractivity contribution in [3.8, 4) is 0 Å². The molecule has 20 heavy (non-hydrogen) atoms. The van der Waals surface area contributed by atoms with Crippen LogP contribution in [0, 0.1) is 0 Å². The molecular formula is C18H22N2. The Hall–Kier alpha value is -1.80. The lowest BCUT2D eigenvalue weighted by Crippen LogP contribution is -2.27. The molecule has 0 amide bonds. The molecule has 0 bridgehead atoms. The molecule has 104 valence electrons. The van der Waals surface area contributed by atoms with Gasteiger partial charge in [0, 0.05) is 31.4 Å². The maximum Gasteiger partial charge on any atom is 0.0400 e. The van der Waals surface area contributed by atoms with Gasteiger partial charge in [0.15, 0.2) is 0 Å². The minimum absolute atomic E-state index is 0.591. The lowest BCUT2D eigenvalue weighted by Gasteiger charge is -2.17. The molecule has 2 aromatic rings. The van der Waals surface area contributed by atoms with E-state index < -0.39 is 0 Å². The molecule has 0 aromatic heterocycles. The second-order valence-electron chi connectivity index (χ2n) is 5.53. The largest absolute Gasteiger partial charge is 0.381 e. The van der Waals surface area contributed by atoms with Crippen LogP contribution in [0.3, 0.4) is 0 Å². The third kappa shape index (κ3) is 3.61. The molecule has 0 aliphatic carbocycles. The quantitative estimate of drug-likeness (QED) is 0.892. The highest BCUT2D eigenvalue weighted by Gasteiger charge is 2.21. The van der Waals surface area contributed by atoms with Crippen LogP contribution >= 0.6 is 0 Å². The monoisotopic (exact) mass is 266 g/mol. The van der Waals surface area contributed by atoms with E-state index in [0.717, 1.165) is 19.5 Å². The molecule has 1 heterocycles. The predicted octanol–water partition coefficient (Wildman–Crippen LogP) is 3.42. The van der Waals surface area contributed by atoms with Crippen molar-refractivity contribution in [2.75, 3.05) is 25.0 Å². The Morgan fingerprint density at radius 1 is 0.950 bits per heavy atom. The van der Waals surface area contributed by atoms with Crippen molar-refractivity contribution < 1.29 is 0 Å². The smallest absolute Gasteiger partial charge is 0.0400 e. The summed E-state index contributed by atoms with van der Waals surface area (Å²) in [6.07, 6.45) is 2.39. The second-order valence-corrected chi connectivity index (χ2v) is 5.53. The van der Waals surface area contributed by atoms with Crippen molar-refractivity contribution >= 4 is 5.69 Å². The van der Waals surface area contributed by atoms with Crippen molar-refractivity contribution in [3.63, 3.8) is 0 Å². The standard InChI is InChI=1S/C18H22N2/c1-3-7-16(8-4-1)11-13-20-14-12-18(15-20)19-17-9-5-2-6-10-17/h1-10,18-19H,11-15H2/t18-/m0/s1. The normalized spacial score (nSPS) is 19.1. The van der Waals surface area contributed by atoms with Gasteiger partial charge < -0.3 is 10.2 Å². The van der Waals surface area contributed by atoms with Gasteiger partial charge in [-0.2, -0.15) is 0 Å². The van der Waals surface area contributed by atoms with E-state index in [1.807, 2.05) is 0 Å². The molecule has 1 fully saturated rings. The first-order chi connectivity index (χ1) is 9.90. The number of hydrogen-bond donors (Lipinski definition) is 1. The summed E-state index contributed by atoms with van der Waals surface area (Å²) in [6.45, 7) is 3.52. The minimum Gasteiger partial charge on any atom is -0.381 e. The molecular weight excluding hydrogens is 244 g/mol. The predicted molar refractivity (Wildman–Crippen MR) is 85.1 cm³/mol. The number of hydrogen-bond acceptors (Lipinski definition) is 2. The summed E-state index contributed by atoms with van der Waals surface area (Å²) < 4.78 is 0. The van der Waals surface area contributed by atoms with Crippen LogP contribution in [0.25, 0.3) is 0 Å². The first-order valence-corrected chi connectivity index (χ1v) is 7.48. The summed E-state index contributed by atoms with van der Waals surface area (Å²) in [7, 11) is 0. The zero-order valence-corrected chi connectivity index (χ0v) is 11.8. The maximum absolute atomic E-state index is 3.63. The Kier molecular flexibility index (Phi) is 4.34. The van der Waals surface area contributed by atoms with E-state index in [1.165, 1.54) is 24.2 Å². The fraction of sp³-hybridized carbons (Fsp3) is 0.333. The molecule has 0 saturated carbocycles. The van der Waals surface area contributed by atoms with E-state index in [2.05, 4.69) is 70.9 Å². The van der Waals surface area contributed by atoms with Crippen LogP contribution in [0.5, 0.6) is 0 Å². The van der Waals surface area contributed by atoms with Crippen LogP contribution in [0.15, 0.2) is 60.7 Å². The topological polar surface area (TPSA) is 15.3 Å². The van der Waals surface area contributed by atoms with E-state index in [-0.39, 0.29) is 0 Å². The zero-order valence-electron chi connectivity index (χ0n) is 11.8. The van der Waals surface area contributed by atoms with Crippen LogP contribution < -0.4 is 5.32 Å². The lowest BCUT2D eigenvalue weighted by atomic mass is 10.1. The fourth-order valence-electron chi connectivity index (χ4n) is 2.86.